The zero-order valence-corrected chi connectivity index (χ0v) is 17.4. The van der Waals surface area contributed by atoms with E-state index in [0.717, 1.165) is 42.6 Å². The Morgan fingerprint density at radius 1 is 1.10 bits per heavy atom. The van der Waals surface area contributed by atoms with Crippen LogP contribution in [-0.4, -0.2) is 48.6 Å². The molecular weight excluding hydrogens is 362 g/mol. The van der Waals surface area contributed by atoms with Crippen LogP contribution in [-0.2, 0) is 13.2 Å². The van der Waals surface area contributed by atoms with Crippen molar-refractivity contribution < 1.29 is 4.74 Å². The number of ether oxygens (including phenoxy) is 1. The van der Waals surface area contributed by atoms with Crippen molar-refractivity contribution in [2.75, 3.05) is 32.7 Å². The lowest BCUT2D eigenvalue weighted by Crippen LogP contribution is -2.42. The van der Waals surface area contributed by atoms with Gasteiger partial charge in [-0.3, -0.25) is 4.98 Å². The first kappa shape index (κ1) is 21.1. The molecule has 1 fully saturated rings. The quantitative estimate of drug-likeness (QED) is 0.504. The fourth-order valence-corrected chi connectivity index (χ4v) is 3.40. The summed E-state index contributed by atoms with van der Waals surface area (Å²) >= 11 is 0. The molecule has 6 nitrogen and oxygen atoms in total. The van der Waals surface area contributed by atoms with E-state index >= 15 is 0 Å². The van der Waals surface area contributed by atoms with Crippen molar-refractivity contribution in [2.45, 2.75) is 39.3 Å². The van der Waals surface area contributed by atoms with Gasteiger partial charge in [0.1, 0.15) is 12.4 Å². The van der Waals surface area contributed by atoms with Crippen LogP contribution in [0.1, 0.15) is 37.4 Å². The second-order valence-electron chi connectivity index (χ2n) is 7.28. The van der Waals surface area contributed by atoms with Crippen molar-refractivity contribution in [3.8, 4) is 5.75 Å². The highest BCUT2D eigenvalue weighted by molar-refractivity contribution is 5.79. The number of guanidine groups is 1. The molecule has 2 heterocycles. The molecule has 29 heavy (non-hydrogen) atoms. The first-order valence-corrected chi connectivity index (χ1v) is 10.7. The molecule has 1 aromatic heterocycles. The topological polar surface area (TPSA) is 61.8 Å². The zero-order chi connectivity index (χ0) is 20.2. The van der Waals surface area contributed by atoms with Crippen LogP contribution in [0.4, 0.5) is 0 Å². The van der Waals surface area contributed by atoms with Gasteiger partial charge in [0.25, 0.3) is 0 Å². The van der Waals surface area contributed by atoms with Gasteiger partial charge in [-0.2, -0.15) is 0 Å². The van der Waals surface area contributed by atoms with Gasteiger partial charge in [-0.15, -0.1) is 0 Å². The van der Waals surface area contributed by atoms with E-state index in [4.69, 9.17) is 9.73 Å². The van der Waals surface area contributed by atoms with Crippen LogP contribution in [0.2, 0.25) is 0 Å². The van der Waals surface area contributed by atoms with Crippen LogP contribution in [0.25, 0.3) is 0 Å². The SMILES string of the molecule is CCNC(=NCc1cccc(OCc2ccccn2)c1)NCCN1CCCCC1. The predicted molar refractivity (Wildman–Crippen MR) is 118 cm³/mol. The molecule has 0 spiro atoms. The van der Waals surface area contributed by atoms with Crippen LogP contribution in [0.15, 0.2) is 53.7 Å². The number of aromatic nitrogens is 1. The van der Waals surface area contributed by atoms with E-state index in [2.05, 4.69) is 33.5 Å². The van der Waals surface area contributed by atoms with E-state index in [1.807, 2.05) is 36.4 Å². The third-order valence-electron chi connectivity index (χ3n) is 4.94. The minimum Gasteiger partial charge on any atom is -0.487 e. The predicted octanol–water partition coefficient (Wildman–Crippen LogP) is 3.20. The highest BCUT2D eigenvalue weighted by atomic mass is 16.5. The van der Waals surface area contributed by atoms with Gasteiger partial charge < -0.3 is 20.3 Å². The summed E-state index contributed by atoms with van der Waals surface area (Å²) in [7, 11) is 0. The van der Waals surface area contributed by atoms with E-state index < -0.39 is 0 Å². The number of benzene rings is 1. The molecule has 156 valence electrons. The summed E-state index contributed by atoms with van der Waals surface area (Å²) in [6.45, 7) is 8.45. The molecule has 0 unspecified atom stereocenters. The second-order valence-corrected chi connectivity index (χ2v) is 7.28. The maximum absolute atomic E-state index is 5.87. The smallest absolute Gasteiger partial charge is 0.191 e. The molecular formula is C23H33N5O. The van der Waals surface area contributed by atoms with Gasteiger partial charge in [0.05, 0.1) is 12.2 Å². The Bertz CT molecular complexity index is 744. The van der Waals surface area contributed by atoms with Crippen molar-refractivity contribution in [3.05, 3.63) is 59.9 Å². The molecule has 2 aromatic rings. The maximum Gasteiger partial charge on any atom is 0.191 e. The molecule has 0 bridgehead atoms. The van der Waals surface area contributed by atoms with Crippen molar-refractivity contribution in [1.29, 1.82) is 0 Å². The molecule has 0 radical (unpaired) electrons. The van der Waals surface area contributed by atoms with E-state index in [0.29, 0.717) is 13.2 Å². The van der Waals surface area contributed by atoms with Gasteiger partial charge in [0.2, 0.25) is 0 Å². The Morgan fingerprint density at radius 3 is 2.79 bits per heavy atom. The third kappa shape index (κ3) is 7.74. The zero-order valence-electron chi connectivity index (χ0n) is 17.4. The number of pyridine rings is 1. The Kier molecular flexibility index (Phi) is 8.79. The monoisotopic (exact) mass is 395 g/mol. The lowest BCUT2D eigenvalue weighted by atomic mass is 10.1. The first-order chi connectivity index (χ1) is 14.3. The molecule has 0 amide bonds. The summed E-state index contributed by atoms with van der Waals surface area (Å²) in [5.41, 5.74) is 2.04. The van der Waals surface area contributed by atoms with Crippen molar-refractivity contribution >= 4 is 5.96 Å². The summed E-state index contributed by atoms with van der Waals surface area (Å²) in [6, 6.07) is 13.9. The second kappa shape index (κ2) is 12.1. The average molecular weight is 396 g/mol. The Hall–Kier alpha value is -2.60. The highest BCUT2D eigenvalue weighted by Crippen LogP contribution is 2.15. The largest absolute Gasteiger partial charge is 0.487 e. The van der Waals surface area contributed by atoms with Gasteiger partial charge in [-0.05, 0) is 62.7 Å². The Labute approximate surface area is 174 Å². The molecule has 1 saturated heterocycles. The van der Waals surface area contributed by atoms with Crippen molar-refractivity contribution in [2.24, 2.45) is 4.99 Å². The highest BCUT2D eigenvalue weighted by Gasteiger charge is 2.09. The van der Waals surface area contributed by atoms with Gasteiger partial charge >= 0.3 is 0 Å². The lowest BCUT2D eigenvalue weighted by Gasteiger charge is -2.26. The van der Waals surface area contributed by atoms with Crippen molar-refractivity contribution in [1.82, 2.24) is 20.5 Å². The molecule has 2 N–H and O–H groups in total. The number of likely N-dealkylation sites (tertiary alicyclic amines) is 1. The summed E-state index contributed by atoms with van der Waals surface area (Å²) < 4.78 is 5.87. The number of nitrogens with one attached hydrogen (secondary N) is 2. The molecule has 3 rings (SSSR count). The molecule has 6 heteroatoms. The van der Waals surface area contributed by atoms with Crippen molar-refractivity contribution in [3.63, 3.8) is 0 Å². The van der Waals surface area contributed by atoms with Crippen LogP contribution < -0.4 is 15.4 Å². The third-order valence-corrected chi connectivity index (χ3v) is 4.94. The average Bonchev–Trinajstić information content (AvgIpc) is 2.78. The van der Waals surface area contributed by atoms with Crippen LogP contribution in [0, 0.1) is 0 Å². The summed E-state index contributed by atoms with van der Waals surface area (Å²) in [4.78, 5) is 11.6. The Balaban J connectivity index is 1.48. The number of piperidine rings is 1. The maximum atomic E-state index is 5.87. The number of aliphatic imine (C=N–C) groups is 1. The number of rotatable bonds is 9. The summed E-state index contributed by atoms with van der Waals surface area (Å²) in [5.74, 6) is 1.70. The van der Waals surface area contributed by atoms with Gasteiger partial charge in [-0.25, -0.2) is 4.99 Å². The molecule has 0 atom stereocenters. The molecule has 1 aliphatic rings. The van der Waals surface area contributed by atoms with E-state index in [-0.39, 0.29) is 0 Å². The number of nitrogens with zero attached hydrogens (tertiary/aromatic N) is 3. The van der Waals surface area contributed by atoms with Gasteiger partial charge in [0.15, 0.2) is 5.96 Å². The van der Waals surface area contributed by atoms with Gasteiger partial charge in [-0.1, -0.05) is 24.6 Å². The van der Waals surface area contributed by atoms with Gasteiger partial charge in [0, 0.05) is 25.8 Å². The first-order valence-electron chi connectivity index (χ1n) is 10.7. The number of hydrogen-bond donors (Lipinski definition) is 2. The van der Waals surface area contributed by atoms with Crippen LogP contribution >= 0.6 is 0 Å². The van der Waals surface area contributed by atoms with E-state index in [1.54, 1.807) is 6.20 Å². The summed E-state index contributed by atoms with van der Waals surface area (Å²) in [6.07, 6.45) is 5.81. The van der Waals surface area contributed by atoms with Crippen LogP contribution in [0.3, 0.4) is 0 Å². The normalized spacial score (nSPS) is 15.1. The number of hydrogen-bond acceptors (Lipinski definition) is 4. The lowest BCUT2D eigenvalue weighted by molar-refractivity contribution is 0.232. The molecule has 1 aliphatic heterocycles. The van der Waals surface area contributed by atoms with Crippen LogP contribution in [0.5, 0.6) is 5.75 Å². The molecule has 0 aliphatic carbocycles. The minimum absolute atomic E-state index is 0.467. The van der Waals surface area contributed by atoms with E-state index in [9.17, 15) is 0 Å². The minimum atomic E-state index is 0.467. The fourth-order valence-electron chi connectivity index (χ4n) is 3.40. The van der Waals surface area contributed by atoms with E-state index in [1.165, 1.54) is 32.4 Å². The standard InChI is InChI=1S/C23H33N5O/c1-2-24-23(26-13-16-28-14-6-3-7-15-28)27-18-20-9-8-11-22(17-20)29-19-21-10-4-5-12-25-21/h4-5,8-12,17H,2-3,6-7,13-16,18-19H2,1H3,(H2,24,26,27). The summed E-state index contributed by atoms with van der Waals surface area (Å²) in [5, 5.41) is 6.79. The molecule has 1 aromatic carbocycles. The molecule has 0 saturated carbocycles. The Morgan fingerprint density at radius 2 is 2.00 bits per heavy atom. The fraction of sp³-hybridized carbons (Fsp3) is 0.478.